The topological polar surface area (TPSA) is 86.6 Å². The summed E-state index contributed by atoms with van der Waals surface area (Å²) < 4.78 is 78.9. The van der Waals surface area contributed by atoms with Crippen LogP contribution in [0.25, 0.3) is 10.6 Å². The van der Waals surface area contributed by atoms with Crippen LogP contribution in [0.5, 0.6) is 5.75 Å². The molecule has 0 radical (unpaired) electrons. The molecule has 14 heteroatoms. The van der Waals surface area contributed by atoms with Crippen LogP contribution < -0.4 is 0 Å². The van der Waals surface area contributed by atoms with Crippen LogP contribution in [-0.4, -0.2) is 55.3 Å². The number of imide groups is 1. The smallest absolute Gasteiger partial charge is 0.406 e. The normalized spacial score (nSPS) is 18.1. The number of aromatic nitrogens is 2. The van der Waals surface area contributed by atoms with E-state index in [1.807, 2.05) is 0 Å². The maximum Gasteiger partial charge on any atom is 0.406 e. The predicted octanol–water partition coefficient (Wildman–Crippen LogP) is 3.19. The molecule has 1 saturated carbocycles. The lowest BCUT2D eigenvalue weighted by Crippen LogP contribution is -2.39. The van der Waals surface area contributed by atoms with Gasteiger partial charge in [0.15, 0.2) is 22.4 Å². The van der Waals surface area contributed by atoms with E-state index in [9.17, 15) is 41.0 Å². The molecule has 160 valence electrons. The molecule has 3 amide bonds. The molecule has 30 heavy (non-hydrogen) atoms. The Labute approximate surface area is 167 Å². The molecular weight excluding hydrogens is 442 g/mol. The Morgan fingerprint density at radius 1 is 1.13 bits per heavy atom. The third kappa shape index (κ3) is 3.14. The van der Waals surface area contributed by atoms with Gasteiger partial charge in [0.25, 0.3) is 5.91 Å². The second kappa shape index (κ2) is 6.55. The quantitative estimate of drug-likeness (QED) is 0.438. The van der Waals surface area contributed by atoms with E-state index in [4.69, 9.17) is 0 Å². The molecule has 7 nitrogen and oxygen atoms in total. The number of amides is 3. The van der Waals surface area contributed by atoms with E-state index < -0.39 is 59.0 Å². The van der Waals surface area contributed by atoms with E-state index in [1.165, 1.54) is 0 Å². The summed E-state index contributed by atoms with van der Waals surface area (Å²) >= 11 is 0.648. The average Bonchev–Trinajstić information content (AvgIpc) is 3.31. The van der Waals surface area contributed by atoms with Crippen LogP contribution in [-0.2, 0) is 11.3 Å². The van der Waals surface area contributed by atoms with Crippen molar-refractivity contribution in [1.29, 1.82) is 0 Å². The summed E-state index contributed by atoms with van der Waals surface area (Å²) in [5.74, 6) is -7.27. The first-order valence-corrected chi connectivity index (χ1v) is 9.16. The number of rotatable bonds is 4. The van der Waals surface area contributed by atoms with E-state index >= 15 is 0 Å². The van der Waals surface area contributed by atoms with Crippen LogP contribution in [0.1, 0.15) is 17.8 Å². The molecule has 0 bridgehead atoms. The highest BCUT2D eigenvalue weighted by molar-refractivity contribution is 7.14. The molecule has 1 N–H and O–H groups in total. The lowest BCUT2D eigenvalue weighted by atomic mass is 10.2. The summed E-state index contributed by atoms with van der Waals surface area (Å²) in [4.78, 5) is 25.8. The van der Waals surface area contributed by atoms with Crippen LogP contribution >= 0.6 is 11.3 Å². The van der Waals surface area contributed by atoms with E-state index in [-0.39, 0.29) is 34.3 Å². The number of hydrogen-bond donors (Lipinski definition) is 1. The van der Waals surface area contributed by atoms with Gasteiger partial charge in [-0.3, -0.25) is 9.69 Å². The van der Waals surface area contributed by atoms with Crippen LogP contribution in [0.3, 0.4) is 0 Å². The largest absolute Gasteiger partial charge is 0.503 e. The number of benzene rings is 1. The Morgan fingerprint density at radius 2 is 1.80 bits per heavy atom. The molecule has 1 aliphatic heterocycles. The standard InChI is InChI=1S/C16H10F6N4O3S/c17-7-3-6(9(18)11(27)10(7)19)12-24-23-8(30-12)4-26-14(29)25(5-16(20,21)22)13(28)15(26)1-2-15/h3,27H,1-2,4-5H2. The molecular formula is C16H10F6N4O3S. The van der Waals surface area contributed by atoms with Crippen molar-refractivity contribution in [2.45, 2.75) is 31.1 Å². The van der Waals surface area contributed by atoms with Crippen molar-refractivity contribution in [3.05, 3.63) is 28.5 Å². The van der Waals surface area contributed by atoms with Gasteiger partial charge in [-0.2, -0.15) is 17.6 Å². The van der Waals surface area contributed by atoms with E-state index in [0.717, 1.165) is 4.90 Å². The molecule has 1 aromatic heterocycles. The van der Waals surface area contributed by atoms with Crippen molar-refractivity contribution in [3.63, 3.8) is 0 Å². The molecule has 2 heterocycles. The number of nitrogens with zero attached hydrogens (tertiary/aromatic N) is 4. The maximum absolute atomic E-state index is 14.1. The van der Waals surface area contributed by atoms with Crippen molar-refractivity contribution >= 4 is 23.3 Å². The number of aromatic hydroxyl groups is 1. The van der Waals surface area contributed by atoms with Crippen molar-refractivity contribution in [3.8, 4) is 16.3 Å². The highest BCUT2D eigenvalue weighted by atomic mass is 32.1. The molecule has 2 fully saturated rings. The predicted molar refractivity (Wildman–Crippen MR) is 87.6 cm³/mol. The third-order valence-electron chi connectivity index (χ3n) is 4.81. The van der Waals surface area contributed by atoms with Crippen LogP contribution in [0, 0.1) is 17.5 Å². The van der Waals surface area contributed by atoms with Gasteiger partial charge in [-0.1, -0.05) is 11.3 Å². The molecule has 1 spiro atoms. The van der Waals surface area contributed by atoms with Gasteiger partial charge in [0.05, 0.1) is 12.1 Å². The highest BCUT2D eigenvalue weighted by Crippen LogP contribution is 2.49. The first-order chi connectivity index (χ1) is 13.9. The number of halogens is 6. The lowest BCUT2D eigenvalue weighted by Gasteiger charge is -2.19. The summed E-state index contributed by atoms with van der Waals surface area (Å²) in [6.45, 7) is -2.10. The Hall–Kier alpha value is -2.90. The summed E-state index contributed by atoms with van der Waals surface area (Å²) in [5, 5.41) is 16.4. The third-order valence-corrected chi connectivity index (χ3v) is 5.75. The average molecular weight is 452 g/mol. The Bertz CT molecular complexity index is 1070. The minimum atomic E-state index is -4.76. The first kappa shape index (κ1) is 20.4. The number of alkyl halides is 3. The van der Waals surface area contributed by atoms with E-state index in [0.29, 0.717) is 17.4 Å². The molecule has 4 rings (SSSR count). The Kier molecular flexibility index (Phi) is 4.45. The van der Waals surface area contributed by atoms with Crippen molar-refractivity contribution in [2.75, 3.05) is 6.54 Å². The fourth-order valence-electron chi connectivity index (χ4n) is 3.23. The number of carbonyl (C=O) groups excluding carboxylic acids is 2. The van der Waals surface area contributed by atoms with E-state index in [2.05, 4.69) is 10.2 Å². The fourth-order valence-corrected chi connectivity index (χ4v) is 4.07. The minimum absolute atomic E-state index is 0.0231. The van der Waals surface area contributed by atoms with Crippen molar-refractivity contribution < 1.29 is 41.0 Å². The highest BCUT2D eigenvalue weighted by Gasteiger charge is 2.65. The molecule has 1 aromatic carbocycles. The molecule has 2 aliphatic rings. The zero-order valence-corrected chi connectivity index (χ0v) is 15.5. The van der Waals surface area contributed by atoms with Crippen LogP contribution in [0.2, 0.25) is 0 Å². The zero-order valence-electron chi connectivity index (χ0n) is 14.6. The van der Waals surface area contributed by atoms with Gasteiger partial charge in [0, 0.05) is 0 Å². The van der Waals surface area contributed by atoms with Crippen LogP contribution in [0.4, 0.5) is 31.1 Å². The van der Waals surface area contributed by atoms with Crippen molar-refractivity contribution in [2.24, 2.45) is 0 Å². The second-order valence-electron chi connectivity index (χ2n) is 6.79. The van der Waals surface area contributed by atoms with E-state index in [1.54, 1.807) is 0 Å². The number of hydrogen-bond acceptors (Lipinski definition) is 6. The van der Waals surface area contributed by atoms with Gasteiger partial charge in [0.1, 0.15) is 17.1 Å². The number of urea groups is 1. The van der Waals surface area contributed by atoms with Crippen molar-refractivity contribution in [1.82, 2.24) is 20.0 Å². The SMILES string of the molecule is O=C1N(CC(F)(F)F)C(=O)C2(CC2)N1Cc1nnc(-c2cc(F)c(F)c(O)c2F)s1. The zero-order chi connectivity index (χ0) is 22.0. The second-order valence-corrected chi connectivity index (χ2v) is 7.85. The molecule has 1 saturated heterocycles. The summed E-state index contributed by atoms with van der Waals surface area (Å²) in [7, 11) is 0. The first-order valence-electron chi connectivity index (χ1n) is 8.34. The lowest BCUT2D eigenvalue weighted by molar-refractivity contribution is -0.153. The summed E-state index contributed by atoms with van der Waals surface area (Å²) in [5.41, 5.74) is -1.96. The van der Waals surface area contributed by atoms with Gasteiger partial charge in [-0.25, -0.2) is 13.6 Å². The maximum atomic E-state index is 14.1. The monoisotopic (exact) mass is 452 g/mol. The van der Waals surface area contributed by atoms with Gasteiger partial charge < -0.3 is 10.0 Å². The number of carbonyl (C=O) groups is 2. The summed E-state index contributed by atoms with van der Waals surface area (Å²) in [6.07, 6.45) is -4.40. The van der Waals surface area contributed by atoms with Gasteiger partial charge in [-0.15, -0.1) is 10.2 Å². The number of phenols is 1. The fraction of sp³-hybridized carbons (Fsp3) is 0.375. The van der Waals surface area contributed by atoms with Gasteiger partial charge in [-0.05, 0) is 18.9 Å². The Morgan fingerprint density at radius 3 is 2.40 bits per heavy atom. The number of phenolic OH excluding ortho intramolecular Hbond substituents is 1. The summed E-state index contributed by atoms with van der Waals surface area (Å²) in [6, 6.07) is -0.671. The Balaban J connectivity index is 1.60. The van der Waals surface area contributed by atoms with Gasteiger partial charge >= 0.3 is 12.2 Å². The minimum Gasteiger partial charge on any atom is -0.503 e. The molecule has 1 aliphatic carbocycles. The molecule has 0 unspecified atom stereocenters. The molecule has 0 atom stereocenters. The molecule has 2 aromatic rings. The van der Waals surface area contributed by atoms with Gasteiger partial charge in [0.2, 0.25) is 5.82 Å². The van der Waals surface area contributed by atoms with Crippen LogP contribution in [0.15, 0.2) is 6.07 Å².